The third kappa shape index (κ3) is 4.28. The van der Waals surface area contributed by atoms with Gasteiger partial charge in [0.25, 0.3) is 0 Å². The molecule has 2 saturated heterocycles. The van der Waals surface area contributed by atoms with Crippen molar-refractivity contribution in [1.29, 1.82) is 0 Å². The van der Waals surface area contributed by atoms with E-state index >= 15 is 0 Å². The van der Waals surface area contributed by atoms with Crippen LogP contribution in [-0.2, 0) is 10.3 Å². The van der Waals surface area contributed by atoms with E-state index in [9.17, 15) is 5.11 Å². The lowest BCUT2D eigenvalue weighted by Gasteiger charge is -2.51. The highest BCUT2D eigenvalue weighted by Crippen LogP contribution is 2.46. The third-order valence-electron chi connectivity index (χ3n) is 7.28. The fraction of sp³-hybridized carbons (Fsp3) is 0.538. The molecule has 0 bridgehead atoms. The Balaban J connectivity index is 1.60. The maximum Gasteiger partial charge on any atom is 0.127 e. The summed E-state index contributed by atoms with van der Waals surface area (Å²) in [7, 11) is 0. The standard InChI is InChI=1S/C26H35NO2/c1-3-24(2)19-25(16-18-29-24)15-10-17-27(20-25)21-26(28,22-11-6-4-7-12-22)23-13-8-5-9-14-23/h4-9,11-14,28H,3,10,15-21H2,1-2H3/t24-,25+/m1/s1. The molecule has 2 aromatic carbocycles. The molecule has 29 heavy (non-hydrogen) atoms. The number of aliphatic hydroxyl groups is 1. The highest BCUT2D eigenvalue weighted by molar-refractivity contribution is 5.36. The molecular weight excluding hydrogens is 358 g/mol. The van der Waals surface area contributed by atoms with Crippen LogP contribution < -0.4 is 0 Å². The van der Waals surface area contributed by atoms with E-state index in [0.717, 1.165) is 50.1 Å². The van der Waals surface area contributed by atoms with Gasteiger partial charge in [0, 0.05) is 19.7 Å². The van der Waals surface area contributed by atoms with Gasteiger partial charge in [0.05, 0.1) is 5.60 Å². The minimum absolute atomic E-state index is 0.00355. The van der Waals surface area contributed by atoms with Crippen LogP contribution in [0.1, 0.15) is 57.1 Å². The average molecular weight is 394 g/mol. The highest BCUT2D eigenvalue weighted by atomic mass is 16.5. The Hall–Kier alpha value is -1.68. The summed E-state index contributed by atoms with van der Waals surface area (Å²) in [5.74, 6) is 0. The van der Waals surface area contributed by atoms with Crippen LogP contribution in [-0.4, -0.2) is 41.8 Å². The maximum absolute atomic E-state index is 12.0. The van der Waals surface area contributed by atoms with Crippen molar-refractivity contribution in [3.05, 3.63) is 71.8 Å². The quantitative estimate of drug-likeness (QED) is 0.777. The van der Waals surface area contributed by atoms with Gasteiger partial charge in [-0.2, -0.15) is 0 Å². The van der Waals surface area contributed by atoms with Crippen LogP contribution in [0.4, 0.5) is 0 Å². The Kier molecular flexibility index (Phi) is 5.83. The van der Waals surface area contributed by atoms with E-state index < -0.39 is 5.60 Å². The first kappa shape index (κ1) is 20.6. The summed E-state index contributed by atoms with van der Waals surface area (Å²) in [5.41, 5.74) is 1.25. The second kappa shape index (κ2) is 8.22. The van der Waals surface area contributed by atoms with Gasteiger partial charge in [0.15, 0.2) is 0 Å². The molecule has 2 aliphatic rings. The average Bonchev–Trinajstić information content (AvgIpc) is 2.75. The molecule has 0 aromatic heterocycles. The molecule has 2 fully saturated rings. The largest absolute Gasteiger partial charge is 0.379 e. The zero-order valence-corrected chi connectivity index (χ0v) is 17.9. The van der Waals surface area contributed by atoms with Crippen LogP contribution in [0.2, 0.25) is 0 Å². The Bertz CT molecular complexity index is 749. The predicted molar refractivity (Wildman–Crippen MR) is 118 cm³/mol. The van der Waals surface area contributed by atoms with Crippen LogP contribution in [0.15, 0.2) is 60.7 Å². The number of hydrogen-bond acceptors (Lipinski definition) is 3. The normalized spacial score (nSPS) is 28.5. The van der Waals surface area contributed by atoms with Gasteiger partial charge in [-0.15, -0.1) is 0 Å². The molecule has 3 heteroatoms. The Labute approximate surface area is 175 Å². The second-order valence-corrected chi connectivity index (χ2v) is 9.49. The summed E-state index contributed by atoms with van der Waals surface area (Å²) in [4.78, 5) is 2.50. The van der Waals surface area contributed by atoms with Crippen molar-refractivity contribution in [2.45, 2.75) is 57.2 Å². The van der Waals surface area contributed by atoms with Gasteiger partial charge >= 0.3 is 0 Å². The van der Waals surface area contributed by atoms with Crippen molar-refractivity contribution in [3.8, 4) is 0 Å². The molecule has 2 aliphatic heterocycles. The smallest absolute Gasteiger partial charge is 0.127 e. The first-order valence-electron chi connectivity index (χ1n) is 11.2. The van der Waals surface area contributed by atoms with E-state index in [0.29, 0.717) is 12.0 Å². The molecule has 0 radical (unpaired) electrons. The molecule has 1 spiro atoms. The lowest BCUT2D eigenvalue weighted by atomic mass is 9.68. The van der Waals surface area contributed by atoms with Gasteiger partial charge in [-0.1, -0.05) is 67.6 Å². The third-order valence-corrected chi connectivity index (χ3v) is 7.28. The lowest BCUT2D eigenvalue weighted by Crippen LogP contribution is -2.54. The first-order chi connectivity index (χ1) is 14.0. The fourth-order valence-electron chi connectivity index (χ4n) is 5.57. The number of rotatable bonds is 5. The number of β-amino-alcohol motifs (C(OH)–C–C–N with tert-alkyl or cyclic N) is 1. The molecule has 3 nitrogen and oxygen atoms in total. The minimum Gasteiger partial charge on any atom is -0.379 e. The van der Waals surface area contributed by atoms with Gasteiger partial charge < -0.3 is 9.84 Å². The van der Waals surface area contributed by atoms with Gasteiger partial charge in [-0.3, -0.25) is 4.90 Å². The monoisotopic (exact) mass is 393 g/mol. The van der Waals surface area contributed by atoms with E-state index in [2.05, 4.69) is 43.0 Å². The van der Waals surface area contributed by atoms with E-state index in [1.807, 2.05) is 36.4 Å². The van der Waals surface area contributed by atoms with Crippen LogP contribution >= 0.6 is 0 Å². The van der Waals surface area contributed by atoms with Crippen molar-refractivity contribution in [2.75, 3.05) is 26.2 Å². The molecule has 2 aromatic rings. The zero-order chi connectivity index (χ0) is 20.4. The molecule has 156 valence electrons. The Morgan fingerprint density at radius 2 is 1.62 bits per heavy atom. The number of hydrogen-bond donors (Lipinski definition) is 1. The number of piperidine rings is 1. The summed E-state index contributed by atoms with van der Waals surface area (Å²) in [6, 6.07) is 20.3. The fourth-order valence-corrected chi connectivity index (χ4v) is 5.57. The van der Waals surface area contributed by atoms with Crippen LogP contribution in [0, 0.1) is 5.41 Å². The Morgan fingerprint density at radius 3 is 2.21 bits per heavy atom. The molecule has 2 heterocycles. The number of nitrogens with zero attached hydrogens (tertiary/aromatic N) is 1. The van der Waals surface area contributed by atoms with Crippen LogP contribution in [0.25, 0.3) is 0 Å². The number of ether oxygens (including phenoxy) is 1. The van der Waals surface area contributed by atoms with E-state index in [4.69, 9.17) is 4.74 Å². The predicted octanol–water partition coefficient (Wildman–Crippen LogP) is 4.98. The SMILES string of the molecule is CC[C@]1(C)C[C@]2(CCCN(CC(O)(c3ccccc3)c3ccccc3)C2)CCO1. The van der Waals surface area contributed by atoms with Crippen LogP contribution in [0.5, 0.6) is 0 Å². The minimum atomic E-state index is -1.000. The molecule has 0 amide bonds. The molecular formula is C26H35NO2. The van der Waals surface area contributed by atoms with E-state index in [1.54, 1.807) is 0 Å². The molecule has 0 aliphatic carbocycles. The molecule has 4 rings (SSSR count). The summed E-state index contributed by atoms with van der Waals surface area (Å²) in [6.45, 7) is 8.11. The topological polar surface area (TPSA) is 32.7 Å². The molecule has 2 atom stereocenters. The molecule has 1 N–H and O–H groups in total. The van der Waals surface area contributed by atoms with Crippen molar-refractivity contribution in [1.82, 2.24) is 4.90 Å². The number of benzene rings is 2. The summed E-state index contributed by atoms with van der Waals surface area (Å²) < 4.78 is 6.15. The summed E-state index contributed by atoms with van der Waals surface area (Å²) >= 11 is 0. The van der Waals surface area contributed by atoms with Crippen molar-refractivity contribution < 1.29 is 9.84 Å². The van der Waals surface area contributed by atoms with E-state index in [1.165, 1.54) is 12.8 Å². The first-order valence-corrected chi connectivity index (χ1v) is 11.2. The summed E-state index contributed by atoms with van der Waals surface area (Å²) in [5, 5.41) is 12.0. The van der Waals surface area contributed by atoms with Gasteiger partial charge in [-0.05, 0) is 62.1 Å². The number of likely N-dealkylation sites (tertiary alicyclic amines) is 1. The van der Waals surface area contributed by atoms with Crippen LogP contribution in [0.3, 0.4) is 0 Å². The van der Waals surface area contributed by atoms with Crippen molar-refractivity contribution >= 4 is 0 Å². The van der Waals surface area contributed by atoms with Crippen molar-refractivity contribution in [2.24, 2.45) is 5.41 Å². The Morgan fingerprint density at radius 1 is 1.00 bits per heavy atom. The van der Waals surface area contributed by atoms with Gasteiger partial charge in [0.1, 0.15) is 5.60 Å². The molecule has 0 unspecified atom stereocenters. The highest BCUT2D eigenvalue weighted by Gasteiger charge is 2.46. The summed E-state index contributed by atoms with van der Waals surface area (Å²) in [6.07, 6.45) is 5.79. The molecule has 0 saturated carbocycles. The lowest BCUT2D eigenvalue weighted by molar-refractivity contribution is -0.137. The van der Waals surface area contributed by atoms with Crippen molar-refractivity contribution in [3.63, 3.8) is 0 Å². The van der Waals surface area contributed by atoms with Gasteiger partial charge in [-0.25, -0.2) is 0 Å². The second-order valence-electron chi connectivity index (χ2n) is 9.49. The van der Waals surface area contributed by atoms with E-state index in [-0.39, 0.29) is 5.60 Å². The zero-order valence-electron chi connectivity index (χ0n) is 17.9. The maximum atomic E-state index is 12.0. The van der Waals surface area contributed by atoms with Gasteiger partial charge in [0.2, 0.25) is 0 Å².